The highest BCUT2D eigenvalue weighted by Crippen LogP contribution is 2.30. The summed E-state index contributed by atoms with van der Waals surface area (Å²) in [7, 11) is 1.49. The third-order valence-corrected chi connectivity index (χ3v) is 15.5. The number of hydrogen-bond donors (Lipinski definition) is 2. The number of benzene rings is 6. The van der Waals surface area contributed by atoms with Gasteiger partial charge in [0.2, 0.25) is 41.4 Å². The second-order valence-electron chi connectivity index (χ2n) is 20.8. The van der Waals surface area contributed by atoms with Crippen LogP contribution in [0, 0.1) is 0 Å². The molecule has 6 atom stereocenters. The van der Waals surface area contributed by atoms with E-state index in [9.17, 15) is 14.4 Å². The maximum absolute atomic E-state index is 15.6. The van der Waals surface area contributed by atoms with Gasteiger partial charge in [-0.1, -0.05) is 187 Å². The van der Waals surface area contributed by atoms with Gasteiger partial charge in [0.25, 0.3) is 0 Å². The number of nitrogens with zero attached hydrogens (tertiary/aromatic N) is 9. The molecule has 0 fully saturated rings. The first-order chi connectivity index (χ1) is 40.5. The molecule has 0 saturated heterocycles. The molecule has 0 aliphatic carbocycles. The number of nitrogens with one attached hydrogen (secondary N) is 2. The van der Waals surface area contributed by atoms with Gasteiger partial charge in [-0.05, 0) is 93.4 Å². The molecule has 18 nitrogen and oxygen atoms in total. The SMILES string of the molecule is CNC(=O)CN(C(=O)CN(C(=O)CN(C(=O)CN(C(=O)CN(C(=O)CN(C(=O)CNCCCN=[N+]=[N-])[C@@H](C)c1ccccc1)[C@@H](C)c1ccccc1)[C@@H](C)c1ccccc1)[C@@H](C)c1ccccc1)[C@@H](C)c1ccccc1)[C@@H](C)c1ccccc1. The van der Waals surface area contributed by atoms with Crippen LogP contribution in [0.1, 0.15) is 118 Å². The smallest absolute Gasteiger partial charge is 0.243 e. The van der Waals surface area contributed by atoms with Gasteiger partial charge in [-0.3, -0.25) is 33.6 Å². The number of amides is 7. The van der Waals surface area contributed by atoms with Crippen LogP contribution < -0.4 is 10.6 Å². The standard InChI is InChI=1S/C66H79N11O7/c1-48(54-27-14-8-15-28-54)72(42-60(78)68-7)62(80)44-74(50(3)56-31-18-10-19-32-56)64(82)46-76(52(5)58-35-22-12-23-36-58)66(84)47-77(53(6)59-37-24-13-25-38-59)65(83)45-75(51(4)57-33-20-11-21-34-57)63(81)43-73(49(2)55-29-16-9-17-30-55)61(79)41-69-39-26-40-70-71-67/h8-25,27-38,48-53,69H,26,39-47H2,1-7H3,(H,68,78)/t48-,49-,50-,51-,52-,53-/m0/s1. The van der Waals surface area contributed by atoms with Crippen molar-refractivity contribution in [2.24, 2.45) is 5.11 Å². The highest BCUT2D eigenvalue weighted by Gasteiger charge is 2.37. The van der Waals surface area contributed by atoms with Gasteiger partial charge in [0, 0.05) is 18.5 Å². The third kappa shape index (κ3) is 17.9. The highest BCUT2D eigenvalue weighted by molar-refractivity contribution is 5.93. The molecule has 0 aliphatic rings. The summed E-state index contributed by atoms with van der Waals surface area (Å²) in [4.78, 5) is 115. The Bertz CT molecular complexity index is 3120. The molecule has 440 valence electrons. The molecule has 7 amide bonds. The van der Waals surface area contributed by atoms with E-state index in [1.54, 1.807) is 13.8 Å². The van der Waals surface area contributed by atoms with Crippen molar-refractivity contribution in [2.45, 2.75) is 84.2 Å². The lowest BCUT2D eigenvalue weighted by Gasteiger charge is -2.38. The molecule has 0 aromatic heterocycles. The average Bonchev–Trinajstić information content (AvgIpc) is 3.71. The number of hydrogen-bond acceptors (Lipinski definition) is 9. The lowest BCUT2D eigenvalue weighted by Crippen LogP contribution is -2.53. The van der Waals surface area contributed by atoms with Crippen molar-refractivity contribution < 1.29 is 33.6 Å². The normalized spacial score (nSPS) is 13.0. The molecule has 18 heteroatoms. The third-order valence-electron chi connectivity index (χ3n) is 15.5. The lowest BCUT2D eigenvalue weighted by atomic mass is 10.0. The Kier molecular flexibility index (Phi) is 24.8. The van der Waals surface area contributed by atoms with Gasteiger partial charge in [-0.15, -0.1) is 0 Å². The van der Waals surface area contributed by atoms with E-state index in [-0.39, 0.29) is 25.5 Å². The molecule has 0 bridgehead atoms. The van der Waals surface area contributed by atoms with Crippen LogP contribution in [0.2, 0.25) is 0 Å². The predicted molar refractivity (Wildman–Crippen MR) is 325 cm³/mol. The number of rotatable bonds is 30. The number of carbonyl (C=O) groups is 7. The minimum absolute atomic E-state index is 0.110. The Morgan fingerprint density at radius 3 is 0.833 bits per heavy atom. The topological polar surface area (TPSA) is 212 Å². The summed E-state index contributed by atoms with van der Waals surface area (Å²) >= 11 is 0. The van der Waals surface area contributed by atoms with Crippen LogP contribution in [0.3, 0.4) is 0 Å². The zero-order valence-electron chi connectivity index (χ0n) is 49.2. The first-order valence-electron chi connectivity index (χ1n) is 28.5. The molecule has 84 heavy (non-hydrogen) atoms. The van der Waals surface area contributed by atoms with E-state index in [4.69, 9.17) is 5.53 Å². The molecule has 2 N–H and O–H groups in total. The molecular formula is C66H79N11O7. The quantitative estimate of drug-likeness (QED) is 0.0191. The van der Waals surface area contributed by atoms with E-state index in [0.717, 1.165) is 22.3 Å². The van der Waals surface area contributed by atoms with E-state index in [1.165, 1.54) is 36.4 Å². The lowest BCUT2D eigenvalue weighted by molar-refractivity contribution is -0.152. The molecule has 0 aliphatic heterocycles. The summed E-state index contributed by atoms with van der Waals surface area (Å²) < 4.78 is 0. The molecule has 6 aromatic carbocycles. The van der Waals surface area contributed by atoms with Crippen LogP contribution in [-0.4, -0.2) is 137 Å². The van der Waals surface area contributed by atoms with Gasteiger partial charge in [0.1, 0.15) is 39.3 Å². The zero-order valence-corrected chi connectivity index (χ0v) is 49.2. The predicted octanol–water partition coefficient (Wildman–Crippen LogP) is 9.56. The summed E-state index contributed by atoms with van der Waals surface area (Å²) in [6.07, 6.45) is 0.497. The van der Waals surface area contributed by atoms with Crippen LogP contribution >= 0.6 is 0 Å². The average molecular weight is 1140 g/mol. The Morgan fingerprint density at radius 1 is 0.381 bits per heavy atom. The van der Waals surface area contributed by atoms with Crippen molar-refractivity contribution in [3.63, 3.8) is 0 Å². The van der Waals surface area contributed by atoms with E-state index in [2.05, 4.69) is 20.7 Å². The van der Waals surface area contributed by atoms with Gasteiger partial charge in [-0.25, -0.2) is 0 Å². The fraction of sp³-hybridized carbons (Fsp3) is 0.348. The second-order valence-corrected chi connectivity index (χ2v) is 20.8. The summed E-state index contributed by atoms with van der Waals surface area (Å²) in [5.74, 6) is -3.47. The van der Waals surface area contributed by atoms with Crippen LogP contribution in [0.15, 0.2) is 187 Å². The van der Waals surface area contributed by atoms with E-state index in [0.29, 0.717) is 24.1 Å². The molecule has 0 spiro atoms. The van der Waals surface area contributed by atoms with Crippen LogP contribution in [0.4, 0.5) is 0 Å². The maximum Gasteiger partial charge on any atom is 0.243 e. The van der Waals surface area contributed by atoms with E-state index in [1.807, 2.05) is 210 Å². The summed E-state index contributed by atoms with van der Waals surface area (Å²) in [6, 6.07) is 51.6. The van der Waals surface area contributed by atoms with Crippen molar-refractivity contribution in [3.05, 3.63) is 226 Å². The Hall–Kier alpha value is -9.12. The first-order valence-corrected chi connectivity index (χ1v) is 28.5. The van der Waals surface area contributed by atoms with Gasteiger partial charge < -0.3 is 40.0 Å². The summed E-state index contributed by atoms with van der Waals surface area (Å²) in [5.41, 5.74) is 13.2. The van der Waals surface area contributed by atoms with Crippen molar-refractivity contribution in [1.82, 2.24) is 40.0 Å². The Morgan fingerprint density at radius 2 is 0.607 bits per heavy atom. The van der Waals surface area contributed by atoms with Gasteiger partial charge >= 0.3 is 0 Å². The summed E-state index contributed by atoms with van der Waals surface area (Å²) in [5, 5.41) is 9.31. The van der Waals surface area contributed by atoms with Crippen molar-refractivity contribution in [2.75, 3.05) is 66.0 Å². The van der Waals surface area contributed by atoms with E-state index >= 15 is 19.2 Å². The minimum Gasteiger partial charge on any atom is -0.358 e. The fourth-order valence-corrected chi connectivity index (χ4v) is 10.1. The molecule has 0 unspecified atom stereocenters. The van der Waals surface area contributed by atoms with E-state index < -0.39 is 104 Å². The summed E-state index contributed by atoms with van der Waals surface area (Å²) in [6.45, 7) is 8.80. The van der Waals surface area contributed by atoms with Gasteiger partial charge in [0.05, 0.1) is 42.8 Å². The monoisotopic (exact) mass is 1140 g/mol. The molecule has 0 saturated carbocycles. The number of carbonyl (C=O) groups excluding carboxylic acids is 7. The van der Waals surface area contributed by atoms with Crippen molar-refractivity contribution in [3.8, 4) is 0 Å². The van der Waals surface area contributed by atoms with Crippen LogP contribution in [0.5, 0.6) is 0 Å². The van der Waals surface area contributed by atoms with Crippen molar-refractivity contribution in [1.29, 1.82) is 0 Å². The second kappa shape index (κ2) is 32.5. The van der Waals surface area contributed by atoms with Gasteiger partial charge in [0.15, 0.2) is 0 Å². The zero-order chi connectivity index (χ0) is 60.5. The molecular weight excluding hydrogens is 1060 g/mol. The Balaban J connectivity index is 1.37. The molecule has 6 rings (SSSR count). The number of azide groups is 1. The maximum atomic E-state index is 15.6. The van der Waals surface area contributed by atoms with Crippen LogP contribution in [-0.2, 0) is 33.6 Å². The molecule has 0 heterocycles. The molecule has 6 aromatic rings. The fourth-order valence-electron chi connectivity index (χ4n) is 10.1. The Labute approximate surface area is 494 Å². The van der Waals surface area contributed by atoms with Gasteiger partial charge in [-0.2, -0.15) is 0 Å². The van der Waals surface area contributed by atoms with Crippen LogP contribution in [0.25, 0.3) is 10.4 Å². The minimum atomic E-state index is -0.734. The highest BCUT2D eigenvalue weighted by atomic mass is 16.2. The number of likely N-dealkylation sites (N-methyl/N-ethyl adjacent to an activating group) is 1. The largest absolute Gasteiger partial charge is 0.358 e. The van der Waals surface area contributed by atoms with Crippen molar-refractivity contribution >= 4 is 41.4 Å². The molecule has 0 radical (unpaired) electrons. The first kappa shape index (κ1) is 64.1.